The van der Waals surface area contributed by atoms with E-state index < -0.39 is 5.41 Å². The van der Waals surface area contributed by atoms with E-state index in [1.807, 2.05) is 39.0 Å². The monoisotopic (exact) mass is 303 g/mol. The topological polar surface area (TPSA) is 84.2 Å². The molecule has 0 saturated heterocycles. The fourth-order valence-corrected chi connectivity index (χ4v) is 2.66. The van der Waals surface area contributed by atoms with E-state index in [1.165, 1.54) is 5.56 Å². The number of hydrogen-bond acceptors (Lipinski definition) is 3. The van der Waals surface area contributed by atoms with E-state index in [0.717, 1.165) is 30.5 Å². The van der Waals surface area contributed by atoms with Gasteiger partial charge in [0.05, 0.1) is 12.6 Å². The Morgan fingerprint density at radius 3 is 2.73 bits per heavy atom. The Morgan fingerprint density at radius 1 is 1.32 bits per heavy atom. The van der Waals surface area contributed by atoms with Gasteiger partial charge in [-0.25, -0.2) is 0 Å². The summed E-state index contributed by atoms with van der Waals surface area (Å²) in [7, 11) is 0. The first kappa shape index (κ1) is 16.3. The van der Waals surface area contributed by atoms with Gasteiger partial charge in [0, 0.05) is 11.1 Å². The van der Waals surface area contributed by atoms with Crippen molar-refractivity contribution in [3.05, 3.63) is 29.3 Å². The van der Waals surface area contributed by atoms with Gasteiger partial charge in [-0.2, -0.15) is 0 Å². The largest absolute Gasteiger partial charge is 0.399 e. The maximum Gasteiger partial charge on any atom is 0.239 e. The summed E-state index contributed by atoms with van der Waals surface area (Å²) in [6.45, 7) is 5.48. The molecule has 0 heterocycles. The molecule has 0 saturated carbocycles. The van der Waals surface area contributed by atoms with Crippen LogP contribution in [0.3, 0.4) is 0 Å². The SMILES string of the molecule is CC(C)(C)C(=O)NCC(=O)NC1CCCc2cc(N)ccc21. The summed E-state index contributed by atoms with van der Waals surface area (Å²) >= 11 is 0. The minimum absolute atomic E-state index is 0.00314. The van der Waals surface area contributed by atoms with Gasteiger partial charge in [0.25, 0.3) is 0 Å². The van der Waals surface area contributed by atoms with E-state index >= 15 is 0 Å². The van der Waals surface area contributed by atoms with Gasteiger partial charge < -0.3 is 16.4 Å². The summed E-state index contributed by atoms with van der Waals surface area (Å²) in [5.74, 6) is -0.285. The fraction of sp³-hybridized carbons (Fsp3) is 0.529. The molecule has 1 atom stereocenters. The lowest BCUT2D eigenvalue weighted by Crippen LogP contribution is -2.43. The van der Waals surface area contributed by atoms with Gasteiger partial charge in [-0.05, 0) is 42.5 Å². The Hall–Kier alpha value is -2.04. The van der Waals surface area contributed by atoms with E-state index in [2.05, 4.69) is 10.6 Å². The molecule has 1 aromatic carbocycles. The van der Waals surface area contributed by atoms with Crippen molar-refractivity contribution in [3.8, 4) is 0 Å². The molecule has 1 aromatic rings. The van der Waals surface area contributed by atoms with Crippen LogP contribution in [0.25, 0.3) is 0 Å². The molecule has 22 heavy (non-hydrogen) atoms. The van der Waals surface area contributed by atoms with Gasteiger partial charge in [-0.3, -0.25) is 9.59 Å². The molecule has 0 aromatic heterocycles. The van der Waals surface area contributed by atoms with Crippen LogP contribution in [0.15, 0.2) is 18.2 Å². The van der Waals surface area contributed by atoms with E-state index in [1.54, 1.807) is 0 Å². The summed E-state index contributed by atoms with van der Waals surface area (Å²) in [5.41, 5.74) is 8.42. The van der Waals surface area contributed by atoms with Crippen LogP contribution in [-0.2, 0) is 16.0 Å². The highest BCUT2D eigenvalue weighted by Gasteiger charge is 2.24. The highest BCUT2D eigenvalue weighted by Crippen LogP contribution is 2.30. The van der Waals surface area contributed by atoms with E-state index in [4.69, 9.17) is 5.73 Å². The number of anilines is 1. The summed E-state index contributed by atoms with van der Waals surface area (Å²) in [6, 6.07) is 5.84. The van der Waals surface area contributed by atoms with E-state index in [0.29, 0.717) is 0 Å². The number of nitrogens with one attached hydrogen (secondary N) is 2. The number of amides is 2. The molecule has 1 aliphatic rings. The fourth-order valence-electron chi connectivity index (χ4n) is 2.66. The molecule has 0 aliphatic heterocycles. The zero-order chi connectivity index (χ0) is 16.3. The number of carbonyl (C=O) groups excluding carboxylic acids is 2. The first-order valence-corrected chi connectivity index (χ1v) is 7.73. The van der Waals surface area contributed by atoms with Gasteiger partial charge in [0.1, 0.15) is 0 Å². The van der Waals surface area contributed by atoms with Gasteiger partial charge in [-0.15, -0.1) is 0 Å². The standard InChI is InChI=1S/C17H25N3O2/c1-17(2,3)16(22)19-10-15(21)20-14-6-4-5-11-9-12(18)7-8-13(11)14/h7-9,14H,4-6,10,18H2,1-3H3,(H,19,22)(H,20,21). The molecular weight excluding hydrogens is 278 g/mol. The van der Waals surface area contributed by atoms with Gasteiger partial charge in [-0.1, -0.05) is 26.8 Å². The highest BCUT2D eigenvalue weighted by molar-refractivity contribution is 5.87. The Balaban J connectivity index is 1.95. The van der Waals surface area contributed by atoms with Crippen molar-refractivity contribution < 1.29 is 9.59 Å². The molecule has 0 bridgehead atoms. The van der Waals surface area contributed by atoms with Gasteiger partial charge >= 0.3 is 0 Å². The summed E-state index contributed by atoms with van der Waals surface area (Å²) < 4.78 is 0. The maximum atomic E-state index is 12.1. The zero-order valence-corrected chi connectivity index (χ0v) is 13.5. The van der Waals surface area contributed by atoms with Crippen molar-refractivity contribution >= 4 is 17.5 Å². The molecule has 0 radical (unpaired) electrons. The number of carbonyl (C=O) groups is 2. The van der Waals surface area contributed by atoms with Crippen LogP contribution in [0.1, 0.15) is 50.8 Å². The van der Waals surface area contributed by atoms with Gasteiger partial charge in [0.2, 0.25) is 11.8 Å². The number of benzene rings is 1. The zero-order valence-electron chi connectivity index (χ0n) is 13.5. The number of rotatable bonds is 3. The van der Waals surface area contributed by atoms with E-state index in [9.17, 15) is 9.59 Å². The number of nitrogen functional groups attached to an aromatic ring is 1. The predicted molar refractivity (Wildman–Crippen MR) is 87.1 cm³/mol. The lowest BCUT2D eigenvalue weighted by Gasteiger charge is -2.27. The van der Waals surface area contributed by atoms with Crippen molar-refractivity contribution in [1.29, 1.82) is 0 Å². The number of aryl methyl sites for hydroxylation is 1. The van der Waals surface area contributed by atoms with Crippen molar-refractivity contribution in [2.45, 2.75) is 46.1 Å². The quantitative estimate of drug-likeness (QED) is 0.746. The normalized spacial score (nSPS) is 17.5. The second kappa shape index (κ2) is 6.38. The Labute approximate surface area is 131 Å². The minimum Gasteiger partial charge on any atom is -0.399 e. The van der Waals surface area contributed by atoms with Crippen LogP contribution in [0.2, 0.25) is 0 Å². The van der Waals surface area contributed by atoms with Crippen molar-refractivity contribution in [3.63, 3.8) is 0 Å². The Morgan fingerprint density at radius 2 is 2.05 bits per heavy atom. The summed E-state index contributed by atoms with van der Waals surface area (Å²) in [6.07, 6.45) is 2.93. The van der Waals surface area contributed by atoms with Crippen LogP contribution in [0.4, 0.5) is 5.69 Å². The molecule has 120 valence electrons. The Kier molecular flexibility index (Phi) is 4.74. The number of fused-ring (bicyclic) bond motifs is 1. The molecule has 2 amide bonds. The third-order valence-corrected chi connectivity index (χ3v) is 3.91. The first-order chi connectivity index (χ1) is 10.3. The summed E-state index contributed by atoms with van der Waals surface area (Å²) in [4.78, 5) is 23.9. The second-order valence-corrected chi connectivity index (χ2v) is 6.90. The highest BCUT2D eigenvalue weighted by atomic mass is 16.2. The lowest BCUT2D eigenvalue weighted by molar-refractivity contribution is -0.131. The smallest absolute Gasteiger partial charge is 0.239 e. The molecule has 1 aliphatic carbocycles. The van der Waals surface area contributed by atoms with Crippen molar-refractivity contribution in [1.82, 2.24) is 10.6 Å². The molecule has 4 N–H and O–H groups in total. The average molecular weight is 303 g/mol. The minimum atomic E-state index is -0.491. The first-order valence-electron chi connectivity index (χ1n) is 7.73. The molecule has 0 fully saturated rings. The maximum absolute atomic E-state index is 12.1. The molecule has 1 unspecified atom stereocenters. The van der Waals surface area contributed by atoms with Crippen LogP contribution in [0.5, 0.6) is 0 Å². The molecule has 2 rings (SSSR count). The third-order valence-electron chi connectivity index (χ3n) is 3.91. The average Bonchev–Trinajstić information content (AvgIpc) is 2.43. The second-order valence-electron chi connectivity index (χ2n) is 6.90. The van der Waals surface area contributed by atoms with Gasteiger partial charge in [0.15, 0.2) is 0 Å². The van der Waals surface area contributed by atoms with Crippen LogP contribution >= 0.6 is 0 Å². The number of hydrogen-bond donors (Lipinski definition) is 3. The molecule has 0 spiro atoms. The summed E-state index contributed by atoms with van der Waals surface area (Å²) in [5, 5.41) is 5.68. The molecular formula is C17H25N3O2. The molecule has 5 nitrogen and oxygen atoms in total. The number of nitrogens with two attached hydrogens (primary N) is 1. The van der Waals surface area contributed by atoms with Crippen LogP contribution < -0.4 is 16.4 Å². The lowest BCUT2D eigenvalue weighted by atomic mass is 9.87. The molecule has 5 heteroatoms. The van der Waals surface area contributed by atoms with E-state index in [-0.39, 0.29) is 24.4 Å². The van der Waals surface area contributed by atoms with Crippen LogP contribution in [0, 0.1) is 5.41 Å². The van der Waals surface area contributed by atoms with Crippen molar-refractivity contribution in [2.75, 3.05) is 12.3 Å². The van der Waals surface area contributed by atoms with Crippen LogP contribution in [-0.4, -0.2) is 18.4 Å². The predicted octanol–water partition coefficient (Wildman–Crippen LogP) is 1.92. The third kappa shape index (κ3) is 4.00. The van der Waals surface area contributed by atoms with Crippen molar-refractivity contribution in [2.24, 2.45) is 5.41 Å². The Bertz CT molecular complexity index is 576.